The molecule has 1 N–H and O–H groups in total. The predicted molar refractivity (Wildman–Crippen MR) is 63.1 cm³/mol. The Balaban J connectivity index is 2.01. The summed E-state index contributed by atoms with van der Waals surface area (Å²) in [6.07, 6.45) is 0. The van der Waals surface area contributed by atoms with Crippen molar-refractivity contribution in [2.24, 2.45) is 0 Å². The number of hydrogen-bond donors (Lipinski definition) is 1. The Bertz CT molecular complexity index is 504. The lowest BCUT2D eigenvalue weighted by Crippen LogP contribution is -1.97. The van der Waals surface area contributed by atoms with E-state index in [0.29, 0.717) is 0 Å². The van der Waals surface area contributed by atoms with Crippen molar-refractivity contribution >= 4 is 0 Å². The summed E-state index contributed by atoms with van der Waals surface area (Å²) in [7, 11) is 0. The first-order chi connectivity index (χ1) is 8.67. The molecular formula is C14H12F2O2. The fraction of sp³-hybridized carbons (Fsp3) is 0.143. The second kappa shape index (κ2) is 5.60. The standard InChI is InChI=1S/C14H12F2O2/c15-12-5-13(16)7-14(6-12)18-9-11-3-1-10(8-17)2-4-11/h1-7,17H,8-9H2. The smallest absolute Gasteiger partial charge is 0.129 e. The average Bonchev–Trinajstić information content (AvgIpc) is 2.36. The Morgan fingerprint density at radius 2 is 1.44 bits per heavy atom. The number of hydrogen-bond acceptors (Lipinski definition) is 2. The molecule has 2 nitrogen and oxygen atoms in total. The summed E-state index contributed by atoms with van der Waals surface area (Å²) in [6.45, 7) is 0.199. The lowest BCUT2D eigenvalue weighted by molar-refractivity contribution is 0.281. The highest BCUT2D eigenvalue weighted by atomic mass is 19.1. The fourth-order valence-corrected chi connectivity index (χ4v) is 1.52. The minimum absolute atomic E-state index is 0.0176. The topological polar surface area (TPSA) is 29.5 Å². The van der Waals surface area contributed by atoms with Crippen LogP contribution < -0.4 is 4.74 Å². The van der Waals surface area contributed by atoms with Gasteiger partial charge in [0.2, 0.25) is 0 Å². The fourth-order valence-electron chi connectivity index (χ4n) is 1.52. The molecule has 2 rings (SSSR count). The van der Waals surface area contributed by atoms with Gasteiger partial charge in [-0.05, 0) is 11.1 Å². The van der Waals surface area contributed by atoms with Crippen LogP contribution in [-0.2, 0) is 13.2 Å². The van der Waals surface area contributed by atoms with Crippen LogP contribution >= 0.6 is 0 Å². The third kappa shape index (κ3) is 3.28. The van der Waals surface area contributed by atoms with E-state index in [2.05, 4.69) is 0 Å². The molecule has 0 atom stereocenters. The molecule has 18 heavy (non-hydrogen) atoms. The maximum Gasteiger partial charge on any atom is 0.129 e. The molecule has 0 saturated heterocycles. The van der Waals surface area contributed by atoms with Gasteiger partial charge in [-0.15, -0.1) is 0 Å². The van der Waals surface area contributed by atoms with Crippen molar-refractivity contribution in [3.8, 4) is 5.75 Å². The van der Waals surface area contributed by atoms with Crippen LogP contribution in [0.2, 0.25) is 0 Å². The molecule has 0 aliphatic carbocycles. The first kappa shape index (κ1) is 12.5. The second-order valence-corrected chi connectivity index (χ2v) is 3.87. The van der Waals surface area contributed by atoms with Gasteiger partial charge in [-0.25, -0.2) is 8.78 Å². The Labute approximate surface area is 103 Å². The lowest BCUT2D eigenvalue weighted by atomic mass is 10.1. The molecule has 2 aromatic carbocycles. The van der Waals surface area contributed by atoms with Gasteiger partial charge in [-0.3, -0.25) is 0 Å². The zero-order valence-electron chi connectivity index (χ0n) is 9.57. The van der Waals surface area contributed by atoms with E-state index in [-0.39, 0.29) is 19.0 Å². The molecule has 0 radical (unpaired) electrons. The van der Waals surface area contributed by atoms with Crippen LogP contribution in [-0.4, -0.2) is 5.11 Å². The molecule has 0 bridgehead atoms. The molecule has 0 spiro atoms. The van der Waals surface area contributed by atoms with Gasteiger partial charge in [0.25, 0.3) is 0 Å². The van der Waals surface area contributed by atoms with E-state index in [1.165, 1.54) is 0 Å². The number of benzene rings is 2. The van der Waals surface area contributed by atoms with Gasteiger partial charge in [0.15, 0.2) is 0 Å². The van der Waals surface area contributed by atoms with Crippen LogP contribution in [0.3, 0.4) is 0 Å². The highest BCUT2D eigenvalue weighted by molar-refractivity contribution is 5.25. The van der Waals surface area contributed by atoms with Gasteiger partial charge in [0.05, 0.1) is 6.61 Å². The Hall–Kier alpha value is -1.94. The Morgan fingerprint density at radius 3 is 2.00 bits per heavy atom. The van der Waals surface area contributed by atoms with Gasteiger partial charge >= 0.3 is 0 Å². The van der Waals surface area contributed by atoms with Crippen LogP contribution in [0.4, 0.5) is 8.78 Å². The molecule has 0 aliphatic rings. The molecule has 0 saturated carbocycles. The minimum Gasteiger partial charge on any atom is -0.489 e. The maximum atomic E-state index is 12.9. The molecule has 0 aromatic heterocycles. The van der Waals surface area contributed by atoms with Crippen LogP contribution in [0.15, 0.2) is 42.5 Å². The largest absolute Gasteiger partial charge is 0.489 e. The van der Waals surface area contributed by atoms with Gasteiger partial charge in [0, 0.05) is 18.2 Å². The number of halogens is 2. The van der Waals surface area contributed by atoms with Gasteiger partial charge in [-0.1, -0.05) is 24.3 Å². The quantitative estimate of drug-likeness (QED) is 0.903. The average molecular weight is 250 g/mol. The van der Waals surface area contributed by atoms with Crippen LogP contribution in [0.25, 0.3) is 0 Å². The molecule has 4 heteroatoms. The van der Waals surface area contributed by atoms with Crippen LogP contribution in [0.5, 0.6) is 5.75 Å². The monoisotopic (exact) mass is 250 g/mol. The summed E-state index contributed by atoms with van der Waals surface area (Å²) >= 11 is 0. The minimum atomic E-state index is -0.666. The van der Waals surface area contributed by atoms with E-state index in [0.717, 1.165) is 29.3 Å². The third-order valence-electron chi connectivity index (χ3n) is 2.45. The third-order valence-corrected chi connectivity index (χ3v) is 2.45. The summed E-state index contributed by atoms with van der Waals surface area (Å²) in [5, 5.41) is 8.88. The number of ether oxygens (including phenoxy) is 1. The zero-order chi connectivity index (χ0) is 13.0. The summed E-state index contributed by atoms with van der Waals surface area (Å²) in [4.78, 5) is 0. The van der Waals surface area contributed by atoms with Crippen LogP contribution in [0, 0.1) is 11.6 Å². The lowest BCUT2D eigenvalue weighted by Gasteiger charge is -2.07. The van der Waals surface area contributed by atoms with Crippen molar-refractivity contribution in [2.75, 3.05) is 0 Å². The van der Waals surface area contributed by atoms with Crippen molar-refractivity contribution in [3.63, 3.8) is 0 Å². The van der Waals surface area contributed by atoms with Crippen molar-refractivity contribution < 1.29 is 18.6 Å². The van der Waals surface area contributed by atoms with E-state index < -0.39 is 11.6 Å². The molecule has 0 amide bonds. The zero-order valence-corrected chi connectivity index (χ0v) is 9.57. The molecule has 0 aliphatic heterocycles. The molecule has 0 heterocycles. The first-order valence-electron chi connectivity index (χ1n) is 5.45. The molecular weight excluding hydrogens is 238 g/mol. The Kier molecular flexibility index (Phi) is 3.89. The summed E-state index contributed by atoms with van der Waals surface area (Å²) in [5.41, 5.74) is 1.66. The van der Waals surface area contributed by atoms with E-state index >= 15 is 0 Å². The van der Waals surface area contributed by atoms with Crippen molar-refractivity contribution in [2.45, 2.75) is 13.2 Å². The van der Waals surface area contributed by atoms with Gasteiger partial charge < -0.3 is 9.84 Å². The highest BCUT2D eigenvalue weighted by Crippen LogP contribution is 2.17. The molecule has 0 unspecified atom stereocenters. The molecule has 94 valence electrons. The normalized spacial score (nSPS) is 10.4. The van der Waals surface area contributed by atoms with Crippen LogP contribution in [0.1, 0.15) is 11.1 Å². The second-order valence-electron chi connectivity index (χ2n) is 3.87. The molecule has 0 fully saturated rings. The first-order valence-corrected chi connectivity index (χ1v) is 5.45. The summed E-state index contributed by atoms with van der Waals surface area (Å²) in [6, 6.07) is 10.2. The van der Waals surface area contributed by atoms with Gasteiger partial charge in [0.1, 0.15) is 24.0 Å². The number of aliphatic hydroxyl groups is 1. The van der Waals surface area contributed by atoms with E-state index in [9.17, 15) is 8.78 Å². The van der Waals surface area contributed by atoms with Crippen molar-refractivity contribution in [1.82, 2.24) is 0 Å². The number of aliphatic hydroxyl groups excluding tert-OH is 1. The predicted octanol–water partition coefficient (Wildman–Crippen LogP) is 3.04. The van der Waals surface area contributed by atoms with Gasteiger partial charge in [-0.2, -0.15) is 0 Å². The van der Waals surface area contributed by atoms with E-state index in [1.54, 1.807) is 24.3 Å². The maximum absolute atomic E-state index is 12.9. The molecule has 2 aromatic rings. The number of rotatable bonds is 4. The van der Waals surface area contributed by atoms with E-state index in [4.69, 9.17) is 9.84 Å². The van der Waals surface area contributed by atoms with Crippen molar-refractivity contribution in [3.05, 3.63) is 65.2 Å². The van der Waals surface area contributed by atoms with Crippen molar-refractivity contribution in [1.29, 1.82) is 0 Å². The summed E-state index contributed by atoms with van der Waals surface area (Å²) < 4.78 is 31.1. The SMILES string of the molecule is OCc1ccc(COc2cc(F)cc(F)c2)cc1. The highest BCUT2D eigenvalue weighted by Gasteiger charge is 2.02. The van der Waals surface area contributed by atoms with E-state index in [1.807, 2.05) is 0 Å². The summed E-state index contributed by atoms with van der Waals surface area (Å²) in [5.74, 6) is -1.18. The Morgan fingerprint density at radius 1 is 0.889 bits per heavy atom.